The molecule has 1 N–H and O–H groups in total. The van der Waals surface area contributed by atoms with Crippen molar-refractivity contribution in [3.8, 4) is 6.07 Å². The molecule has 4 rings (SSSR count). The number of nitriles is 1. The van der Waals surface area contributed by atoms with Crippen LogP contribution in [0.2, 0.25) is 0 Å². The van der Waals surface area contributed by atoms with Gasteiger partial charge in [0.2, 0.25) is 0 Å². The lowest BCUT2D eigenvalue weighted by Gasteiger charge is -2.37. The summed E-state index contributed by atoms with van der Waals surface area (Å²) < 4.78 is 85.0. The van der Waals surface area contributed by atoms with E-state index in [1.54, 1.807) is 4.90 Å². The van der Waals surface area contributed by atoms with Crippen LogP contribution in [0.25, 0.3) is 0 Å². The van der Waals surface area contributed by atoms with E-state index in [4.69, 9.17) is 14.7 Å². The number of likely N-dealkylation sites (tertiary alicyclic amines) is 2. The summed E-state index contributed by atoms with van der Waals surface area (Å²) in [5.41, 5.74) is -0.156. The average molecular weight is 672 g/mol. The third-order valence-corrected chi connectivity index (χ3v) is 8.29. The predicted octanol–water partition coefficient (Wildman–Crippen LogP) is 6.80. The Labute approximate surface area is 267 Å². The van der Waals surface area contributed by atoms with Gasteiger partial charge in [-0.25, -0.2) is 9.59 Å². The lowest BCUT2D eigenvalue weighted by molar-refractivity contribution is -0.144. The Morgan fingerprint density at radius 2 is 1.17 bits per heavy atom. The normalized spacial score (nSPS) is 21.5. The van der Waals surface area contributed by atoms with Gasteiger partial charge in [-0.3, -0.25) is 4.79 Å². The van der Waals surface area contributed by atoms with E-state index < -0.39 is 53.6 Å². The van der Waals surface area contributed by atoms with E-state index in [-0.39, 0.29) is 31.3 Å². The Morgan fingerprint density at radius 3 is 1.53 bits per heavy atom. The molecule has 0 aromatic heterocycles. The van der Waals surface area contributed by atoms with E-state index in [1.165, 1.54) is 43.4 Å². The molecule has 0 saturated carbocycles. The van der Waals surface area contributed by atoms with Gasteiger partial charge >= 0.3 is 30.5 Å². The van der Waals surface area contributed by atoms with Crippen LogP contribution in [0, 0.1) is 23.2 Å². The molecule has 0 spiro atoms. The van der Waals surface area contributed by atoms with Gasteiger partial charge in [-0.15, -0.1) is 0 Å². The number of benzene rings is 2. The maximum absolute atomic E-state index is 12.6. The Morgan fingerprint density at radius 1 is 0.766 bits per heavy atom. The Bertz CT molecular complexity index is 1410. The number of amides is 2. The SMILES string of the molecule is COC(=O)N1CCC(C#N)CC1Cc1ccc(C(F)(F)F)cc1.COC(=O)N1CCC(C(=O)O)CC1Cc1ccc(C(F)(F)F)cc1. The lowest BCUT2D eigenvalue weighted by Crippen LogP contribution is -2.48. The summed E-state index contributed by atoms with van der Waals surface area (Å²) in [5, 5.41) is 18.2. The van der Waals surface area contributed by atoms with Crippen molar-refractivity contribution >= 4 is 18.2 Å². The van der Waals surface area contributed by atoms with E-state index in [1.807, 2.05) is 0 Å². The highest BCUT2D eigenvalue weighted by atomic mass is 19.4. The molecular formula is C32H35F6N3O6. The zero-order valence-electron chi connectivity index (χ0n) is 25.7. The first-order valence-electron chi connectivity index (χ1n) is 14.7. The number of methoxy groups -OCH3 is 2. The molecule has 15 heteroatoms. The molecule has 47 heavy (non-hydrogen) atoms. The molecule has 0 bridgehead atoms. The number of carboxylic acid groups (broad SMARTS) is 1. The zero-order valence-corrected chi connectivity index (χ0v) is 25.7. The minimum atomic E-state index is -4.41. The van der Waals surface area contributed by atoms with Crippen LogP contribution >= 0.6 is 0 Å². The molecule has 2 saturated heterocycles. The highest BCUT2D eigenvalue weighted by Gasteiger charge is 2.36. The Kier molecular flexibility index (Phi) is 12.5. The van der Waals surface area contributed by atoms with Crippen LogP contribution in [0.4, 0.5) is 35.9 Å². The first-order chi connectivity index (χ1) is 22.1. The number of hydrogen-bond acceptors (Lipinski definition) is 6. The van der Waals surface area contributed by atoms with Gasteiger partial charge in [-0.2, -0.15) is 31.6 Å². The topological polar surface area (TPSA) is 120 Å². The number of nitrogens with zero attached hydrogens (tertiary/aromatic N) is 3. The standard InChI is InChI=1S/C16H17F3N2O2.C16H18F3NO4/c1-23-15(22)21-7-6-12(10-20)9-14(21)8-11-2-4-13(5-3-11)16(17,18)19;1-24-15(23)20-7-6-11(14(21)22)9-13(20)8-10-2-4-12(5-3-10)16(17,18)19/h2-5,12,14H,6-9H2,1H3;2-5,11,13H,6-9H2,1H3,(H,21,22). The van der Waals surface area contributed by atoms with Gasteiger partial charge in [0.1, 0.15) is 0 Å². The van der Waals surface area contributed by atoms with Crippen molar-refractivity contribution in [2.45, 2.75) is 63.0 Å². The van der Waals surface area contributed by atoms with Crippen molar-refractivity contribution in [2.75, 3.05) is 27.3 Å². The summed E-state index contributed by atoms with van der Waals surface area (Å²) in [6.45, 7) is 0.658. The van der Waals surface area contributed by atoms with Gasteiger partial charge < -0.3 is 24.4 Å². The van der Waals surface area contributed by atoms with Crippen LogP contribution in [-0.4, -0.2) is 72.5 Å². The molecule has 2 aromatic carbocycles. The minimum Gasteiger partial charge on any atom is -0.481 e. The molecule has 2 aliphatic heterocycles. The smallest absolute Gasteiger partial charge is 0.416 e. The quantitative estimate of drug-likeness (QED) is 0.348. The number of alkyl halides is 6. The summed E-state index contributed by atoms with van der Waals surface area (Å²) in [7, 11) is 2.52. The van der Waals surface area contributed by atoms with Gasteiger partial charge in [0.05, 0.1) is 37.3 Å². The number of carbonyl (C=O) groups is 3. The average Bonchev–Trinajstić information content (AvgIpc) is 3.04. The fraction of sp³-hybridized carbons (Fsp3) is 0.500. The second-order valence-electron chi connectivity index (χ2n) is 11.3. The van der Waals surface area contributed by atoms with Crippen molar-refractivity contribution in [1.29, 1.82) is 5.26 Å². The lowest BCUT2D eigenvalue weighted by atomic mass is 9.87. The number of rotatable bonds is 5. The molecule has 4 unspecified atom stereocenters. The Balaban J connectivity index is 0.000000256. The van der Waals surface area contributed by atoms with Gasteiger partial charge in [0, 0.05) is 31.1 Å². The van der Waals surface area contributed by atoms with Crippen LogP contribution in [0.5, 0.6) is 0 Å². The fourth-order valence-corrected chi connectivity index (χ4v) is 5.75. The zero-order chi connectivity index (χ0) is 34.9. The van der Waals surface area contributed by atoms with Crippen LogP contribution in [-0.2, 0) is 39.5 Å². The molecule has 2 fully saturated rings. The summed E-state index contributed by atoms with van der Waals surface area (Å²) >= 11 is 0. The van der Waals surface area contributed by atoms with E-state index in [0.717, 1.165) is 24.3 Å². The summed E-state index contributed by atoms with van der Waals surface area (Å²) in [6, 6.07) is 11.1. The molecule has 256 valence electrons. The number of carboxylic acids is 1. The number of carbonyl (C=O) groups excluding carboxylic acids is 2. The van der Waals surface area contributed by atoms with Gasteiger partial charge in [0.15, 0.2) is 0 Å². The summed E-state index contributed by atoms with van der Waals surface area (Å²) in [4.78, 5) is 37.8. The molecule has 0 aliphatic carbocycles. The van der Waals surface area contributed by atoms with Crippen molar-refractivity contribution in [3.05, 3.63) is 70.8 Å². The van der Waals surface area contributed by atoms with Gasteiger partial charge in [-0.1, -0.05) is 24.3 Å². The van der Waals surface area contributed by atoms with Crippen LogP contribution < -0.4 is 0 Å². The maximum Gasteiger partial charge on any atom is 0.416 e. The van der Waals surface area contributed by atoms with Gasteiger partial charge in [0.25, 0.3) is 0 Å². The van der Waals surface area contributed by atoms with E-state index in [0.29, 0.717) is 43.4 Å². The second kappa shape index (κ2) is 15.9. The van der Waals surface area contributed by atoms with Crippen molar-refractivity contribution < 1.29 is 55.3 Å². The van der Waals surface area contributed by atoms with Crippen molar-refractivity contribution in [2.24, 2.45) is 11.8 Å². The summed E-state index contributed by atoms with van der Waals surface area (Å²) in [6.07, 6.45) is -7.50. The highest BCUT2D eigenvalue weighted by Crippen LogP contribution is 2.32. The molecule has 4 atom stereocenters. The molecule has 2 aromatic rings. The molecular weight excluding hydrogens is 636 g/mol. The molecule has 9 nitrogen and oxygen atoms in total. The van der Waals surface area contributed by atoms with E-state index in [2.05, 4.69) is 6.07 Å². The van der Waals surface area contributed by atoms with Crippen LogP contribution in [0.15, 0.2) is 48.5 Å². The number of piperidine rings is 2. The number of aliphatic carboxylic acids is 1. The minimum absolute atomic E-state index is 0.157. The van der Waals surface area contributed by atoms with E-state index in [9.17, 15) is 45.8 Å². The van der Waals surface area contributed by atoms with Crippen molar-refractivity contribution in [3.63, 3.8) is 0 Å². The fourth-order valence-electron chi connectivity index (χ4n) is 5.75. The molecule has 0 radical (unpaired) electrons. The summed E-state index contributed by atoms with van der Waals surface area (Å²) in [5.74, 6) is -1.67. The first-order valence-corrected chi connectivity index (χ1v) is 14.7. The third kappa shape index (κ3) is 10.3. The third-order valence-electron chi connectivity index (χ3n) is 8.29. The Hall–Kier alpha value is -4.48. The van der Waals surface area contributed by atoms with E-state index >= 15 is 0 Å². The van der Waals surface area contributed by atoms with Crippen molar-refractivity contribution in [1.82, 2.24) is 9.80 Å². The predicted molar refractivity (Wildman–Crippen MR) is 155 cm³/mol. The maximum atomic E-state index is 12.6. The second-order valence-corrected chi connectivity index (χ2v) is 11.3. The van der Waals surface area contributed by atoms with Gasteiger partial charge in [-0.05, 0) is 73.9 Å². The number of hydrogen-bond donors (Lipinski definition) is 1. The first kappa shape index (κ1) is 37.0. The molecule has 2 heterocycles. The van der Waals surface area contributed by atoms with Crippen LogP contribution in [0.1, 0.15) is 47.9 Å². The number of halogens is 6. The number of ether oxygens (including phenoxy) is 2. The molecule has 2 amide bonds. The monoisotopic (exact) mass is 671 g/mol. The van der Waals surface area contributed by atoms with Crippen LogP contribution in [0.3, 0.4) is 0 Å². The molecule has 2 aliphatic rings. The largest absolute Gasteiger partial charge is 0.481 e. The highest BCUT2D eigenvalue weighted by molar-refractivity contribution is 5.72.